The Morgan fingerprint density at radius 2 is 2.47 bits per heavy atom. The minimum atomic E-state index is 0.685. The van der Waals surface area contributed by atoms with Gasteiger partial charge in [-0.05, 0) is 58.4 Å². The first-order chi connectivity index (χ1) is 7.27. The van der Waals surface area contributed by atoms with Crippen LogP contribution in [0.25, 0.3) is 6.08 Å². The Morgan fingerprint density at radius 3 is 3.00 bits per heavy atom. The standard InChI is InChI=1S/C11H16BrNOS/c1-14-8-9(3-2-5-13)7-11-10(12)4-6-15-11/h4,6-7H,2-3,5,8,13H2,1H3/b9-7+. The van der Waals surface area contributed by atoms with Crippen molar-refractivity contribution in [3.63, 3.8) is 0 Å². The summed E-state index contributed by atoms with van der Waals surface area (Å²) in [6.07, 6.45) is 4.21. The molecule has 2 nitrogen and oxygen atoms in total. The lowest BCUT2D eigenvalue weighted by molar-refractivity contribution is 0.223. The molecule has 1 rings (SSSR count). The zero-order chi connectivity index (χ0) is 11.1. The normalized spacial score (nSPS) is 12.1. The van der Waals surface area contributed by atoms with Gasteiger partial charge in [0.2, 0.25) is 0 Å². The molecule has 0 bridgehead atoms. The zero-order valence-corrected chi connectivity index (χ0v) is 11.2. The first-order valence-corrected chi connectivity index (χ1v) is 6.56. The molecule has 0 atom stereocenters. The van der Waals surface area contributed by atoms with Gasteiger partial charge in [-0.3, -0.25) is 0 Å². The molecular formula is C11H16BrNOS. The van der Waals surface area contributed by atoms with Gasteiger partial charge in [0.05, 0.1) is 6.61 Å². The molecule has 0 saturated carbocycles. The highest BCUT2D eigenvalue weighted by Crippen LogP contribution is 2.26. The first-order valence-electron chi connectivity index (χ1n) is 4.89. The second-order valence-electron chi connectivity index (χ2n) is 3.26. The Morgan fingerprint density at radius 1 is 1.67 bits per heavy atom. The van der Waals surface area contributed by atoms with E-state index in [1.165, 1.54) is 10.5 Å². The summed E-state index contributed by atoms with van der Waals surface area (Å²) in [5, 5.41) is 2.07. The second kappa shape index (κ2) is 7.17. The van der Waals surface area contributed by atoms with E-state index in [1.807, 2.05) is 0 Å². The molecule has 0 spiro atoms. The van der Waals surface area contributed by atoms with Crippen molar-refractivity contribution in [3.05, 3.63) is 26.4 Å². The average molecular weight is 290 g/mol. The molecule has 0 unspecified atom stereocenters. The van der Waals surface area contributed by atoms with Gasteiger partial charge in [0, 0.05) is 16.5 Å². The summed E-state index contributed by atoms with van der Waals surface area (Å²) in [6.45, 7) is 1.41. The lowest BCUT2D eigenvalue weighted by Gasteiger charge is -2.05. The Bertz CT molecular complexity index is 322. The van der Waals surface area contributed by atoms with E-state index in [1.54, 1.807) is 18.4 Å². The van der Waals surface area contributed by atoms with Crippen LogP contribution < -0.4 is 5.73 Å². The molecule has 0 fully saturated rings. The van der Waals surface area contributed by atoms with E-state index < -0.39 is 0 Å². The van der Waals surface area contributed by atoms with Crippen molar-refractivity contribution in [1.29, 1.82) is 0 Å². The number of thiophene rings is 1. The number of hydrogen-bond acceptors (Lipinski definition) is 3. The Kier molecular flexibility index (Phi) is 6.17. The van der Waals surface area contributed by atoms with Gasteiger partial charge in [-0.1, -0.05) is 0 Å². The molecule has 0 aliphatic carbocycles. The van der Waals surface area contributed by atoms with Gasteiger partial charge in [0.25, 0.3) is 0 Å². The highest BCUT2D eigenvalue weighted by Gasteiger charge is 2.01. The quantitative estimate of drug-likeness (QED) is 0.872. The van der Waals surface area contributed by atoms with E-state index in [4.69, 9.17) is 10.5 Å². The van der Waals surface area contributed by atoms with Crippen molar-refractivity contribution in [3.8, 4) is 0 Å². The third kappa shape index (κ3) is 4.47. The number of ether oxygens (including phenoxy) is 1. The first kappa shape index (κ1) is 12.9. The number of hydrogen-bond donors (Lipinski definition) is 1. The second-order valence-corrected chi connectivity index (χ2v) is 5.06. The maximum atomic E-state index is 5.50. The van der Waals surface area contributed by atoms with E-state index in [0.29, 0.717) is 6.61 Å². The number of methoxy groups -OCH3 is 1. The summed E-state index contributed by atoms with van der Waals surface area (Å²) in [5.74, 6) is 0. The van der Waals surface area contributed by atoms with Gasteiger partial charge in [-0.25, -0.2) is 0 Å². The predicted octanol–water partition coefficient (Wildman–Crippen LogP) is 3.28. The van der Waals surface area contributed by atoms with Crippen LogP contribution in [0.4, 0.5) is 0 Å². The van der Waals surface area contributed by atoms with Crippen molar-refractivity contribution in [1.82, 2.24) is 0 Å². The topological polar surface area (TPSA) is 35.2 Å². The largest absolute Gasteiger partial charge is 0.380 e. The average Bonchev–Trinajstić information content (AvgIpc) is 2.61. The van der Waals surface area contributed by atoms with E-state index in [-0.39, 0.29) is 0 Å². The van der Waals surface area contributed by atoms with Crippen LogP contribution >= 0.6 is 27.3 Å². The van der Waals surface area contributed by atoms with Gasteiger partial charge in [-0.2, -0.15) is 0 Å². The van der Waals surface area contributed by atoms with Gasteiger partial charge in [-0.15, -0.1) is 11.3 Å². The Labute approximate surface area is 103 Å². The van der Waals surface area contributed by atoms with E-state index in [0.717, 1.165) is 23.9 Å². The summed E-state index contributed by atoms with van der Waals surface area (Å²) in [6, 6.07) is 2.06. The Balaban J connectivity index is 2.69. The number of rotatable bonds is 6. The van der Waals surface area contributed by atoms with Gasteiger partial charge in [0.15, 0.2) is 0 Å². The fraction of sp³-hybridized carbons (Fsp3) is 0.455. The van der Waals surface area contributed by atoms with Crippen molar-refractivity contribution >= 4 is 33.3 Å². The highest BCUT2D eigenvalue weighted by atomic mass is 79.9. The summed E-state index contributed by atoms with van der Waals surface area (Å²) in [7, 11) is 1.72. The molecule has 4 heteroatoms. The minimum absolute atomic E-state index is 0.685. The highest BCUT2D eigenvalue weighted by molar-refractivity contribution is 9.10. The zero-order valence-electron chi connectivity index (χ0n) is 8.83. The van der Waals surface area contributed by atoms with Crippen LogP contribution in [0.1, 0.15) is 17.7 Å². The van der Waals surface area contributed by atoms with Gasteiger partial charge in [0.1, 0.15) is 0 Å². The van der Waals surface area contributed by atoms with Crippen LogP contribution in [0.2, 0.25) is 0 Å². The lowest BCUT2D eigenvalue weighted by atomic mass is 10.1. The van der Waals surface area contributed by atoms with E-state index >= 15 is 0 Å². The maximum absolute atomic E-state index is 5.50. The SMILES string of the molecule is COC/C(=C/c1sccc1Br)CCCN. The number of halogens is 1. The fourth-order valence-electron chi connectivity index (χ4n) is 1.29. The van der Waals surface area contributed by atoms with Crippen LogP contribution in [-0.4, -0.2) is 20.3 Å². The van der Waals surface area contributed by atoms with Crippen LogP contribution in [0.15, 0.2) is 21.5 Å². The molecule has 0 radical (unpaired) electrons. The molecule has 0 aliphatic heterocycles. The van der Waals surface area contributed by atoms with Crippen LogP contribution in [0.3, 0.4) is 0 Å². The molecular weight excluding hydrogens is 274 g/mol. The molecule has 84 valence electrons. The molecule has 2 N–H and O–H groups in total. The molecule has 0 saturated heterocycles. The van der Waals surface area contributed by atoms with Crippen molar-refractivity contribution in [2.75, 3.05) is 20.3 Å². The third-order valence-corrected chi connectivity index (χ3v) is 3.83. The lowest BCUT2D eigenvalue weighted by Crippen LogP contribution is -2.01. The fourth-order valence-corrected chi connectivity index (χ4v) is 2.76. The molecule has 1 aromatic heterocycles. The van der Waals surface area contributed by atoms with E-state index in [9.17, 15) is 0 Å². The van der Waals surface area contributed by atoms with Gasteiger partial charge < -0.3 is 10.5 Å². The summed E-state index contributed by atoms with van der Waals surface area (Å²) in [5.41, 5.74) is 6.80. The van der Waals surface area contributed by atoms with Crippen LogP contribution in [0, 0.1) is 0 Å². The molecule has 0 aromatic carbocycles. The van der Waals surface area contributed by atoms with Gasteiger partial charge >= 0.3 is 0 Å². The summed E-state index contributed by atoms with van der Waals surface area (Å²) < 4.78 is 6.32. The molecule has 0 amide bonds. The van der Waals surface area contributed by atoms with Crippen molar-refractivity contribution < 1.29 is 4.74 Å². The molecule has 1 heterocycles. The van der Waals surface area contributed by atoms with Crippen LogP contribution in [-0.2, 0) is 4.74 Å². The predicted molar refractivity (Wildman–Crippen MR) is 70.2 cm³/mol. The monoisotopic (exact) mass is 289 g/mol. The minimum Gasteiger partial charge on any atom is -0.380 e. The smallest absolute Gasteiger partial charge is 0.0676 e. The summed E-state index contributed by atoms with van der Waals surface area (Å²) >= 11 is 5.24. The van der Waals surface area contributed by atoms with Crippen molar-refractivity contribution in [2.45, 2.75) is 12.8 Å². The Hall–Kier alpha value is -0.160. The molecule has 15 heavy (non-hydrogen) atoms. The molecule has 0 aliphatic rings. The van der Waals surface area contributed by atoms with Crippen molar-refractivity contribution in [2.24, 2.45) is 5.73 Å². The summed E-state index contributed by atoms with van der Waals surface area (Å²) in [4.78, 5) is 1.25. The van der Waals surface area contributed by atoms with E-state index in [2.05, 4.69) is 33.5 Å². The third-order valence-electron chi connectivity index (χ3n) is 2.01. The van der Waals surface area contributed by atoms with Crippen LogP contribution in [0.5, 0.6) is 0 Å². The maximum Gasteiger partial charge on any atom is 0.0676 e. The molecule has 1 aromatic rings. The number of nitrogens with two attached hydrogens (primary N) is 1.